The molecule has 3 rings (SSSR count). The second-order valence-electron chi connectivity index (χ2n) is 3.72. The van der Waals surface area contributed by atoms with E-state index < -0.39 is 0 Å². The summed E-state index contributed by atoms with van der Waals surface area (Å²) in [6.07, 6.45) is 3.18. The zero-order valence-corrected chi connectivity index (χ0v) is 11.5. The average molecular weight is 316 g/mol. The summed E-state index contributed by atoms with van der Waals surface area (Å²) in [5, 5.41) is 0.627. The molecular formula is C11H8BrClN2S. The van der Waals surface area contributed by atoms with Crippen LogP contribution in [0.25, 0.3) is 10.7 Å². The first-order chi connectivity index (χ1) is 7.74. The highest BCUT2D eigenvalue weighted by molar-refractivity contribution is 9.11. The Balaban J connectivity index is 2.12. The maximum absolute atomic E-state index is 6.17. The lowest BCUT2D eigenvalue weighted by molar-refractivity contribution is 0.900. The van der Waals surface area contributed by atoms with Crippen LogP contribution in [0.3, 0.4) is 0 Å². The van der Waals surface area contributed by atoms with E-state index >= 15 is 0 Å². The third-order valence-corrected chi connectivity index (χ3v) is 4.61. The number of thiophene rings is 1. The molecule has 0 radical (unpaired) electrons. The summed E-state index contributed by atoms with van der Waals surface area (Å²) in [5.74, 6) is 0.751. The highest BCUT2D eigenvalue weighted by Gasteiger charge is 2.19. The van der Waals surface area contributed by atoms with E-state index in [0.29, 0.717) is 5.15 Å². The molecule has 5 heteroatoms. The van der Waals surface area contributed by atoms with E-state index in [-0.39, 0.29) is 0 Å². The van der Waals surface area contributed by atoms with E-state index in [9.17, 15) is 0 Å². The van der Waals surface area contributed by atoms with Crippen molar-refractivity contribution in [2.75, 3.05) is 0 Å². The van der Waals surface area contributed by atoms with Gasteiger partial charge in [0, 0.05) is 11.3 Å². The molecule has 0 bridgehead atoms. The predicted molar refractivity (Wildman–Crippen MR) is 70.1 cm³/mol. The first-order valence-electron chi connectivity index (χ1n) is 5.05. The number of halogens is 2. The van der Waals surface area contributed by atoms with Crippen molar-refractivity contribution >= 4 is 38.9 Å². The number of hydrogen-bond donors (Lipinski definition) is 0. The lowest BCUT2D eigenvalue weighted by Crippen LogP contribution is -1.96. The van der Waals surface area contributed by atoms with Crippen LogP contribution in [0.1, 0.15) is 17.7 Å². The van der Waals surface area contributed by atoms with Crippen molar-refractivity contribution in [1.82, 2.24) is 9.97 Å². The van der Waals surface area contributed by atoms with Crippen LogP contribution < -0.4 is 0 Å². The van der Waals surface area contributed by atoms with Crippen LogP contribution in [0.2, 0.25) is 5.15 Å². The van der Waals surface area contributed by atoms with E-state index in [4.69, 9.17) is 11.6 Å². The van der Waals surface area contributed by atoms with E-state index in [1.165, 1.54) is 0 Å². The molecule has 0 saturated carbocycles. The first-order valence-corrected chi connectivity index (χ1v) is 7.04. The van der Waals surface area contributed by atoms with Crippen LogP contribution in [0, 0.1) is 0 Å². The number of hydrogen-bond acceptors (Lipinski definition) is 3. The van der Waals surface area contributed by atoms with Crippen molar-refractivity contribution in [2.45, 2.75) is 19.3 Å². The molecule has 0 aliphatic heterocycles. The maximum Gasteiger partial charge on any atom is 0.171 e. The summed E-state index contributed by atoms with van der Waals surface area (Å²) in [4.78, 5) is 10.0. The molecule has 2 aromatic heterocycles. The van der Waals surface area contributed by atoms with Crippen molar-refractivity contribution < 1.29 is 0 Å². The van der Waals surface area contributed by atoms with Gasteiger partial charge < -0.3 is 0 Å². The average Bonchev–Trinajstić information content (AvgIpc) is 2.85. The molecule has 0 saturated heterocycles. The lowest BCUT2D eigenvalue weighted by Gasteiger charge is -2.03. The molecule has 0 unspecified atom stereocenters. The zero-order valence-electron chi connectivity index (χ0n) is 8.33. The summed E-state index contributed by atoms with van der Waals surface area (Å²) in [7, 11) is 0. The Labute approximate surface area is 111 Å². The van der Waals surface area contributed by atoms with Crippen LogP contribution in [0.5, 0.6) is 0 Å². The van der Waals surface area contributed by atoms with Crippen molar-refractivity contribution in [1.29, 1.82) is 0 Å². The first kappa shape index (κ1) is 10.7. The maximum atomic E-state index is 6.17. The summed E-state index contributed by atoms with van der Waals surface area (Å²) in [5.41, 5.74) is 2.26. The Morgan fingerprint density at radius 1 is 1.25 bits per heavy atom. The predicted octanol–water partition coefficient (Wildman–Crippen LogP) is 4.11. The molecule has 0 N–H and O–H groups in total. The van der Waals surface area contributed by atoms with E-state index in [2.05, 4.69) is 25.9 Å². The van der Waals surface area contributed by atoms with Gasteiger partial charge >= 0.3 is 0 Å². The van der Waals surface area contributed by atoms with Crippen LogP contribution in [-0.4, -0.2) is 9.97 Å². The topological polar surface area (TPSA) is 25.8 Å². The molecule has 0 aromatic carbocycles. The van der Waals surface area contributed by atoms with Gasteiger partial charge in [0.15, 0.2) is 5.82 Å². The highest BCUT2D eigenvalue weighted by atomic mass is 79.9. The quantitative estimate of drug-likeness (QED) is 0.740. The molecule has 0 spiro atoms. The molecule has 2 heterocycles. The van der Waals surface area contributed by atoms with Gasteiger partial charge in [-0.25, -0.2) is 9.97 Å². The minimum atomic E-state index is 0.627. The largest absolute Gasteiger partial charge is 0.232 e. The Bertz CT molecular complexity index is 553. The Kier molecular flexibility index (Phi) is 2.73. The standard InChI is InChI=1S/C11H8BrClN2S/c12-9-5-4-8(16-9)11-14-7-3-1-2-6(7)10(13)15-11/h4-5H,1-3H2. The molecule has 2 aromatic rings. The van der Waals surface area contributed by atoms with E-state index in [1.54, 1.807) is 11.3 Å². The Morgan fingerprint density at radius 3 is 2.88 bits per heavy atom. The minimum absolute atomic E-state index is 0.627. The monoisotopic (exact) mass is 314 g/mol. The summed E-state index contributed by atoms with van der Waals surface area (Å²) < 4.78 is 1.09. The fourth-order valence-electron chi connectivity index (χ4n) is 1.93. The summed E-state index contributed by atoms with van der Waals surface area (Å²) in [6.45, 7) is 0. The van der Waals surface area contributed by atoms with Gasteiger partial charge in [0.2, 0.25) is 0 Å². The SMILES string of the molecule is Clc1nc(-c2ccc(Br)s2)nc2c1CCC2. The van der Waals surface area contributed by atoms with Crippen LogP contribution in [0.15, 0.2) is 15.9 Å². The zero-order chi connectivity index (χ0) is 11.1. The second kappa shape index (κ2) is 4.09. The fourth-order valence-corrected chi connectivity index (χ4v) is 3.54. The van der Waals surface area contributed by atoms with Crippen molar-refractivity contribution in [2.24, 2.45) is 0 Å². The molecule has 0 fully saturated rings. The fraction of sp³-hybridized carbons (Fsp3) is 0.273. The van der Waals surface area contributed by atoms with Crippen molar-refractivity contribution in [3.8, 4) is 10.7 Å². The Hall–Kier alpha value is -0.450. The number of nitrogens with zero attached hydrogens (tertiary/aromatic N) is 2. The number of aromatic nitrogens is 2. The van der Waals surface area contributed by atoms with E-state index in [0.717, 1.165) is 45.0 Å². The summed E-state index contributed by atoms with van der Waals surface area (Å²) in [6, 6.07) is 4.02. The molecular weight excluding hydrogens is 308 g/mol. The molecule has 1 aliphatic carbocycles. The van der Waals surface area contributed by atoms with Crippen LogP contribution >= 0.6 is 38.9 Å². The van der Waals surface area contributed by atoms with Gasteiger partial charge in [-0.05, 0) is 47.3 Å². The third kappa shape index (κ3) is 1.79. The molecule has 0 amide bonds. The van der Waals surface area contributed by atoms with Gasteiger partial charge in [-0.3, -0.25) is 0 Å². The minimum Gasteiger partial charge on any atom is -0.232 e. The van der Waals surface area contributed by atoms with Gasteiger partial charge in [0.25, 0.3) is 0 Å². The van der Waals surface area contributed by atoms with Gasteiger partial charge in [-0.2, -0.15) is 0 Å². The Morgan fingerprint density at radius 2 is 2.12 bits per heavy atom. The molecule has 2 nitrogen and oxygen atoms in total. The smallest absolute Gasteiger partial charge is 0.171 e. The molecule has 82 valence electrons. The van der Waals surface area contributed by atoms with Crippen molar-refractivity contribution in [3.63, 3.8) is 0 Å². The molecule has 16 heavy (non-hydrogen) atoms. The second-order valence-corrected chi connectivity index (χ2v) is 6.54. The van der Waals surface area contributed by atoms with Gasteiger partial charge in [-0.15, -0.1) is 11.3 Å². The number of fused-ring (bicyclic) bond motifs is 1. The van der Waals surface area contributed by atoms with Gasteiger partial charge in [0.1, 0.15) is 5.15 Å². The van der Waals surface area contributed by atoms with E-state index in [1.807, 2.05) is 12.1 Å². The summed E-state index contributed by atoms with van der Waals surface area (Å²) >= 11 is 11.2. The van der Waals surface area contributed by atoms with Crippen LogP contribution in [0.4, 0.5) is 0 Å². The number of rotatable bonds is 1. The molecule has 1 aliphatic rings. The molecule has 0 atom stereocenters. The van der Waals surface area contributed by atoms with Crippen LogP contribution in [-0.2, 0) is 12.8 Å². The normalized spacial score (nSPS) is 14.1. The highest BCUT2D eigenvalue weighted by Crippen LogP contribution is 2.33. The van der Waals surface area contributed by atoms with Gasteiger partial charge in [-0.1, -0.05) is 11.6 Å². The van der Waals surface area contributed by atoms with Gasteiger partial charge in [0.05, 0.1) is 8.66 Å². The number of aryl methyl sites for hydroxylation is 1. The third-order valence-electron chi connectivity index (χ3n) is 2.68. The lowest BCUT2D eigenvalue weighted by atomic mass is 10.2. The van der Waals surface area contributed by atoms with Crippen molar-refractivity contribution in [3.05, 3.63) is 32.3 Å².